The van der Waals surface area contributed by atoms with Crippen molar-refractivity contribution in [2.75, 3.05) is 38.2 Å². The molecule has 1 aliphatic heterocycles. The molecule has 0 spiro atoms. The summed E-state index contributed by atoms with van der Waals surface area (Å²) in [6, 6.07) is 19.2. The van der Waals surface area contributed by atoms with Crippen molar-refractivity contribution in [3.8, 4) is 5.75 Å². The molecule has 0 N–H and O–H groups in total. The van der Waals surface area contributed by atoms with Crippen LogP contribution in [0.1, 0.15) is 11.3 Å². The Kier molecular flexibility index (Phi) is 6.43. The molecule has 3 heterocycles. The number of para-hydroxylation sites is 2. The zero-order valence-electron chi connectivity index (χ0n) is 19.6. The lowest BCUT2D eigenvalue weighted by molar-refractivity contribution is -0.132. The number of methoxy groups -OCH3 is 1. The zero-order valence-corrected chi connectivity index (χ0v) is 19.6. The molecule has 0 saturated carbocycles. The van der Waals surface area contributed by atoms with Crippen LogP contribution >= 0.6 is 0 Å². The van der Waals surface area contributed by atoms with E-state index in [0.717, 1.165) is 28.1 Å². The molecule has 4 aromatic rings. The van der Waals surface area contributed by atoms with Crippen LogP contribution in [0.4, 0.5) is 5.69 Å². The molecule has 0 atom stereocenters. The van der Waals surface area contributed by atoms with Gasteiger partial charge in [0.15, 0.2) is 0 Å². The Balaban J connectivity index is 1.34. The lowest BCUT2D eigenvalue weighted by Gasteiger charge is -2.36. The Morgan fingerprint density at radius 1 is 0.914 bits per heavy atom. The maximum absolute atomic E-state index is 13.2. The highest BCUT2D eigenvalue weighted by Crippen LogP contribution is 2.28. The van der Waals surface area contributed by atoms with Crippen molar-refractivity contribution >= 4 is 22.4 Å². The summed E-state index contributed by atoms with van der Waals surface area (Å²) in [7, 11) is 1.66. The van der Waals surface area contributed by atoms with Crippen LogP contribution in [0.5, 0.6) is 5.75 Å². The van der Waals surface area contributed by atoms with Gasteiger partial charge in [0, 0.05) is 50.4 Å². The Morgan fingerprint density at radius 3 is 2.34 bits per heavy atom. The molecule has 2 aromatic heterocycles. The van der Waals surface area contributed by atoms with Gasteiger partial charge in [0.25, 0.3) is 5.56 Å². The van der Waals surface area contributed by atoms with Gasteiger partial charge in [-0.1, -0.05) is 30.3 Å². The van der Waals surface area contributed by atoms with Crippen molar-refractivity contribution in [3.63, 3.8) is 0 Å². The Labute approximate surface area is 203 Å². The van der Waals surface area contributed by atoms with Crippen LogP contribution in [0.25, 0.3) is 10.8 Å². The summed E-state index contributed by atoms with van der Waals surface area (Å²) in [6.45, 7) is 2.45. The summed E-state index contributed by atoms with van der Waals surface area (Å²) in [5, 5.41) is 6.00. The molecular weight excluding hydrogens is 442 g/mol. The van der Waals surface area contributed by atoms with E-state index in [4.69, 9.17) is 4.74 Å². The minimum atomic E-state index is -0.250. The largest absolute Gasteiger partial charge is 0.495 e. The molecule has 0 radical (unpaired) electrons. The predicted octanol–water partition coefficient (Wildman–Crippen LogP) is 2.74. The predicted molar refractivity (Wildman–Crippen MR) is 135 cm³/mol. The van der Waals surface area contributed by atoms with Crippen LogP contribution in [-0.2, 0) is 17.8 Å². The SMILES string of the molecule is COc1ccccc1N1CCN(C(=O)Cn2nc(Cc3ccncc3)c3ccccc3c2=O)CC1. The summed E-state index contributed by atoms with van der Waals surface area (Å²) in [5.74, 6) is 0.713. The molecule has 0 bridgehead atoms. The van der Waals surface area contributed by atoms with Gasteiger partial charge in [0.05, 0.1) is 23.9 Å². The number of carbonyl (C=O) groups excluding carboxylic acids is 1. The molecule has 5 rings (SSSR count). The van der Waals surface area contributed by atoms with Crippen molar-refractivity contribution < 1.29 is 9.53 Å². The van der Waals surface area contributed by atoms with E-state index in [2.05, 4.69) is 15.0 Å². The molecule has 8 nitrogen and oxygen atoms in total. The summed E-state index contributed by atoms with van der Waals surface area (Å²) in [6.07, 6.45) is 4.03. The number of carbonyl (C=O) groups is 1. The molecule has 1 fully saturated rings. The number of fused-ring (bicyclic) bond motifs is 1. The van der Waals surface area contributed by atoms with Gasteiger partial charge in [-0.2, -0.15) is 5.10 Å². The summed E-state index contributed by atoms with van der Waals surface area (Å²) in [5.41, 5.74) is 2.58. The highest BCUT2D eigenvalue weighted by atomic mass is 16.5. The summed E-state index contributed by atoms with van der Waals surface area (Å²) >= 11 is 0. The number of amides is 1. The number of rotatable bonds is 6. The normalized spacial score (nSPS) is 13.7. The van der Waals surface area contributed by atoms with Gasteiger partial charge in [-0.25, -0.2) is 4.68 Å². The zero-order chi connectivity index (χ0) is 24.2. The monoisotopic (exact) mass is 469 g/mol. The second kappa shape index (κ2) is 9.97. The molecule has 8 heteroatoms. The third-order valence-corrected chi connectivity index (χ3v) is 6.41. The number of hydrogen-bond acceptors (Lipinski definition) is 6. The first-order chi connectivity index (χ1) is 17.1. The maximum atomic E-state index is 13.2. The van der Waals surface area contributed by atoms with Crippen LogP contribution in [0, 0.1) is 0 Å². The highest BCUT2D eigenvalue weighted by molar-refractivity contribution is 5.84. The number of benzene rings is 2. The topological polar surface area (TPSA) is 80.6 Å². The Bertz CT molecular complexity index is 1400. The van der Waals surface area contributed by atoms with Crippen LogP contribution in [0.3, 0.4) is 0 Å². The second-order valence-corrected chi connectivity index (χ2v) is 8.53. The van der Waals surface area contributed by atoms with Gasteiger partial charge in [-0.05, 0) is 35.9 Å². The second-order valence-electron chi connectivity index (χ2n) is 8.53. The van der Waals surface area contributed by atoms with Crippen LogP contribution < -0.4 is 15.2 Å². The van der Waals surface area contributed by atoms with Crippen LogP contribution in [0.15, 0.2) is 77.9 Å². The Hall–Kier alpha value is -4.20. The van der Waals surface area contributed by atoms with Crippen molar-refractivity contribution in [3.05, 3.63) is 94.7 Å². The van der Waals surface area contributed by atoms with Crippen LogP contribution in [-0.4, -0.2) is 58.9 Å². The lowest BCUT2D eigenvalue weighted by Crippen LogP contribution is -2.50. The summed E-state index contributed by atoms with van der Waals surface area (Å²) < 4.78 is 6.80. The van der Waals surface area contributed by atoms with E-state index in [-0.39, 0.29) is 18.0 Å². The Morgan fingerprint density at radius 2 is 1.60 bits per heavy atom. The van der Waals surface area contributed by atoms with E-state index in [1.165, 1.54) is 4.68 Å². The first kappa shape index (κ1) is 22.6. The van der Waals surface area contributed by atoms with Gasteiger partial charge in [-0.15, -0.1) is 0 Å². The van der Waals surface area contributed by atoms with Crippen molar-refractivity contribution in [2.24, 2.45) is 0 Å². The number of hydrogen-bond donors (Lipinski definition) is 0. The van der Waals surface area contributed by atoms with Crippen molar-refractivity contribution in [1.29, 1.82) is 0 Å². The number of ether oxygens (including phenoxy) is 1. The van der Waals surface area contributed by atoms with E-state index in [1.54, 1.807) is 30.5 Å². The molecule has 0 aliphatic carbocycles. The fourth-order valence-corrected chi connectivity index (χ4v) is 4.55. The fourth-order valence-electron chi connectivity index (χ4n) is 4.55. The van der Waals surface area contributed by atoms with E-state index in [1.807, 2.05) is 54.6 Å². The van der Waals surface area contributed by atoms with Gasteiger partial charge in [-0.3, -0.25) is 14.6 Å². The summed E-state index contributed by atoms with van der Waals surface area (Å²) in [4.78, 5) is 34.4. The van der Waals surface area contributed by atoms with E-state index >= 15 is 0 Å². The van der Waals surface area contributed by atoms with Crippen molar-refractivity contribution in [1.82, 2.24) is 19.7 Å². The average Bonchev–Trinajstić information content (AvgIpc) is 2.92. The minimum Gasteiger partial charge on any atom is -0.495 e. The van der Waals surface area contributed by atoms with Gasteiger partial charge >= 0.3 is 0 Å². The molecule has 1 aliphatic rings. The van der Waals surface area contributed by atoms with Crippen LogP contribution in [0.2, 0.25) is 0 Å². The standard InChI is InChI=1S/C27H27N5O3/c1-35-25-9-5-4-8-24(25)30-14-16-31(17-15-30)26(33)19-32-27(34)22-7-3-2-6-21(22)23(29-32)18-20-10-12-28-13-11-20/h2-13H,14-19H2,1H3. The van der Waals surface area contributed by atoms with Gasteiger partial charge in [0.2, 0.25) is 5.91 Å². The molecule has 1 amide bonds. The first-order valence-electron chi connectivity index (χ1n) is 11.7. The van der Waals surface area contributed by atoms with Gasteiger partial charge < -0.3 is 14.5 Å². The number of aromatic nitrogens is 3. The maximum Gasteiger partial charge on any atom is 0.275 e. The highest BCUT2D eigenvalue weighted by Gasteiger charge is 2.24. The number of anilines is 1. The molecule has 0 unspecified atom stereocenters. The smallest absolute Gasteiger partial charge is 0.275 e. The molecular formula is C27H27N5O3. The quantitative estimate of drug-likeness (QED) is 0.432. The minimum absolute atomic E-state index is 0.0817. The molecule has 2 aromatic carbocycles. The van der Waals surface area contributed by atoms with E-state index in [9.17, 15) is 9.59 Å². The van der Waals surface area contributed by atoms with E-state index < -0.39 is 0 Å². The lowest BCUT2D eigenvalue weighted by atomic mass is 10.1. The molecule has 1 saturated heterocycles. The third-order valence-electron chi connectivity index (χ3n) is 6.41. The molecule has 35 heavy (non-hydrogen) atoms. The van der Waals surface area contributed by atoms with E-state index in [0.29, 0.717) is 38.0 Å². The molecule has 178 valence electrons. The first-order valence-corrected chi connectivity index (χ1v) is 11.7. The van der Waals surface area contributed by atoms with Gasteiger partial charge in [0.1, 0.15) is 12.3 Å². The number of piperazine rings is 1. The van der Waals surface area contributed by atoms with Crippen molar-refractivity contribution in [2.45, 2.75) is 13.0 Å². The fraction of sp³-hybridized carbons (Fsp3) is 0.259. The third kappa shape index (κ3) is 4.73. The number of nitrogens with zero attached hydrogens (tertiary/aromatic N) is 5. The average molecular weight is 470 g/mol. The number of pyridine rings is 1.